The first-order valence-electron chi connectivity index (χ1n) is 5.90. The molecule has 1 rings (SSSR count). The lowest BCUT2D eigenvalue weighted by Crippen LogP contribution is -2.42. The molecular formula is C14H23NO. The second-order valence-corrected chi connectivity index (χ2v) is 5.16. The predicted molar refractivity (Wildman–Crippen MR) is 68.6 cm³/mol. The molecule has 0 aliphatic heterocycles. The Labute approximate surface area is 98.7 Å². The summed E-state index contributed by atoms with van der Waals surface area (Å²) >= 11 is 0. The quantitative estimate of drug-likeness (QED) is 0.800. The van der Waals surface area contributed by atoms with Crippen LogP contribution in [0.1, 0.15) is 33.3 Å². The zero-order chi connectivity index (χ0) is 12.2. The minimum atomic E-state index is -0.313. The lowest BCUT2D eigenvalue weighted by Gasteiger charge is -2.28. The summed E-state index contributed by atoms with van der Waals surface area (Å²) in [6.07, 6.45) is -0.313. The van der Waals surface area contributed by atoms with Crippen molar-refractivity contribution in [3.63, 3.8) is 0 Å². The van der Waals surface area contributed by atoms with Crippen LogP contribution < -0.4 is 5.32 Å². The Kier molecular flexibility index (Phi) is 4.51. The van der Waals surface area contributed by atoms with Crippen LogP contribution in [0.15, 0.2) is 30.3 Å². The number of hydrogen-bond acceptors (Lipinski definition) is 2. The van der Waals surface area contributed by atoms with Gasteiger partial charge in [-0.2, -0.15) is 0 Å². The summed E-state index contributed by atoms with van der Waals surface area (Å²) in [7, 11) is 0. The maximum Gasteiger partial charge on any atom is 0.0662 e. The highest BCUT2D eigenvalue weighted by molar-refractivity contribution is 5.23. The fourth-order valence-electron chi connectivity index (χ4n) is 1.58. The van der Waals surface area contributed by atoms with Crippen molar-refractivity contribution in [2.75, 3.05) is 6.54 Å². The predicted octanol–water partition coefficient (Wildman–Crippen LogP) is 2.32. The Balaban J connectivity index is 2.59. The van der Waals surface area contributed by atoms with Crippen molar-refractivity contribution in [2.24, 2.45) is 0 Å². The number of aliphatic hydroxyl groups excluding tert-OH is 1. The van der Waals surface area contributed by atoms with Crippen molar-refractivity contribution >= 4 is 0 Å². The smallest absolute Gasteiger partial charge is 0.0662 e. The number of benzene rings is 1. The van der Waals surface area contributed by atoms with Gasteiger partial charge in [-0.1, -0.05) is 44.2 Å². The molecule has 0 heterocycles. The number of hydrogen-bond donors (Lipinski definition) is 2. The topological polar surface area (TPSA) is 32.3 Å². The van der Waals surface area contributed by atoms with E-state index >= 15 is 0 Å². The second kappa shape index (κ2) is 5.46. The zero-order valence-electron chi connectivity index (χ0n) is 10.7. The van der Waals surface area contributed by atoms with Crippen LogP contribution in [-0.2, 0) is 5.41 Å². The summed E-state index contributed by atoms with van der Waals surface area (Å²) in [5.41, 5.74) is 1.41. The van der Waals surface area contributed by atoms with Crippen molar-refractivity contribution in [2.45, 2.75) is 45.3 Å². The SMILES string of the molecule is CC(O)C(C)NCC(C)(C)c1ccccc1. The van der Waals surface area contributed by atoms with Crippen molar-refractivity contribution in [3.05, 3.63) is 35.9 Å². The van der Waals surface area contributed by atoms with Crippen LogP contribution in [0.3, 0.4) is 0 Å². The molecule has 0 aliphatic carbocycles. The molecule has 0 spiro atoms. The van der Waals surface area contributed by atoms with E-state index in [0.717, 1.165) is 6.54 Å². The van der Waals surface area contributed by atoms with Gasteiger partial charge in [0.2, 0.25) is 0 Å². The summed E-state index contributed by atoms with van der Waals surface area (Å²) < 4.78 is 0. The van der Waals surface area contributed by atoms with Crippen LogP contribution in [0.25, 0.3) is 0 Å². The third-order valence-electron chi connectivity index (χ3n) is 3.14. The van der Waals surface area contributed by atoms with Crippen LogP contribution in [-0.4, -0.2) is 23.8 Å². The van der Waals surface area contributed by atoms with Crippen LogP contribution in [0.2, 0.25) is 0 Å². The molecule has 16 heavy (non-hydrogen) atoms. The highest BCUT2D eigenvalue weighted by atomic mass is 16.3. The van der Waals surface area contributed by atoms with Gasteiger partial charge in [-0.3, -0.25) is 0 Å². The molecule has 2 nitrogen and oxygen atoms in total. The Morgan fingerprint density at radius 1 is 1.19 bits per heavy atom. The monoisotopic (exact) mass is 221 g/mol. The first-order valence-corrected chi connectivity index (χ1v) is 5.90. The molecule has 0 fully saturated rings. The molecule has 0 amide bonds. The van der Waals surface area contributed by atoms with E-state index in [1.807, 2.05) is 19.9 Å². The van der Waals surface area contributed by atoms with Crippen LogP contribution in [0.4, 0.5) is 0 Å². The molecule has 0 saturated carbocycles. The molecule has 0 aromatic heterocycles. The summed E-state index contributed by atoms with van der Waals surface area (Å²) in [4.78, 5) is 0. The van der Waals surface area contributed by atoms with Gasteiger partial charge in [-0.05, 0) is 19.4 Å². The van der Waals surface area contributed by atoms with Gasteiger partial charge in [0.25, 0.3) is 0 Å². The van der Waals surface area contributed by atoms with E-state index in [4.69, 9.17) is 0 Å². The van der Waals surface area contributed by atoms with E-state index in [2.05, 4.69) is 43.4 Å². The lowest BCUT2D eigenvalue weighted by atomic mass is 9.84. The van der Waals surface area contributed by atoms with Gasteiger partial charge in [0.05, 0.1) is 6.10 Å². The molecule has 0 saturated heterocycles. The van der Waals surface area contributed by atoms with Gasteiger partial charge >= 0.3 is 0 Å². The molecular weight excluding hydrogens is 198 g/mol. The van der Waals surface area contributed by atoms with Crippen LogP contribution >= 0.6 is 0 Å². The first kappa shape index (κ1) is 13.2. The third kappa shape index (κ3) is 3.62. The molecule has 0 bridgehead atoms. The van der Waals surface area contributed by atoms with E-state index in [9.17, 15) is 5.11 Å². The molecule has 2 heteroatoms. The van der Waals surface area contributed by atoms with Gasteiger partial charge in [-0.15, -0.1) is 0 Å². The minimum absolute atomic E-state index is 0.0877. The van der Waals surface area contributed by atoms with E-state index < -0.39 is 0 Å². The van der Waals surface area contributed by atoms with Crippen LogP contribution in [0, 0.1) is 0 Å². The molecule has 1 aromatic carbocycles. The highest BCUT2D eigenvalue weighted by Gasteiger charge is 2.21. The highest BCUT2D eigenvalue weighted by Crippen LogP contribution is 2.21. The van der Waals surface area contributed by atoms with Gasteiger partial charge in [0.15, 0.2) is 0 Å². The normalized spacial score (nSPS) is 15.8. The minimum Gasteiger partial charge on any atom is -0.392 e. The van der Waals surface area contributed by atoms with E-state index in [-0.39, 0.29) is 17.6 Å². The Bertz CT molecular complexity index is 306. The zero-order valence-corrected chi connectivity index (χ0v) is 10.7. The molecule has 0 radical (unpaired) electrons. The van der Waals surface area contributed by atoms with E-state index in [1.54, 1.807) is 0 Å². The second-order valence-electron chi connectivity index (χ2n) is 5.16. The van der Waals surface area contributed by atoms with Gasteiger partial charge in [-0.25, -0.2) is 0 Å². The number of nitrogens with one attached hydrogen (secondary N) is 1. The largest absolute Gasteiger partial charge is 0.392 e. The van der Waals surface area contributed by atoms with Crippen molar-refractivity contribution in [3.8, 4) is 0 Å². The van der Waals surface area contributed by atoms with E-state index in [0.29, 0.717) is 0 Å². The average Bonchev–Trinajstić information content (AvgIpc) is 2.27. The fraction of sp³-hybridized carbons (Fsp3) is 0.571. The molecule has 0 aliphatic rings. The number of aliphatic hydroxyl groups is 1. The van der Waals surface area contributed by atoms with Crippen molar-refractivity contribution in [1.82, 2.24) is 5.32 Å². The molecule has 2 unspecified atom stereocenters. The van der Waals surface area contributed by atoms with Crippen molar-refractivity contribution in [1.29, 1.82) is 0 Å². The van der Waals surface area contributed by atoms with Gasteiger partial charge < -0.3 is 10.4 Å². The fourth-order valence-corrected chi connectivity index (χ4v) is 1.58. The molecule has 1 aromatic rings. The summed E-state index contributed by atoms with van der Waals surface area (Å²) in [6.45, 7) is 9.11. The Morgan fingerprint density at radius 2 is 1.75 bits per heavy atom. The van der Waals surface area contributed by atoms with E-state index in [1.165, 1.54) is 5.56 Å². The standard InChI is InChI=1S/C14H23NO/c1-11(12(2)16)15-10-14(3,4)13-8-6-5-7-9-13/h5-9,11-12,15-16H,10H2,1-4H3. The maximum atomic E-state index is 9.43. The Morgan fingerprint density at radius 3 is 2.25 bits per heavy atom. The van der Waals surface area contributed by atoms with Crippen LogP contribution in [0.5, 0.6) is 0 Å². The first-order chi connectivity index (χ1) is 7.43. The summed E-state index contributed by atoms with van der Waals surface area (Å²) in [6, 6.07) is 10.6. The van der Waals surface area contributed by atoms with Gasteiger partial charge in [0, 0.05) is 18.0 Å². The number of rotatable bonds is 5. The summed E-state index contributed by atoms with van der Waals surface area (Å²) in [5.74, 6) is 0. The molecule has 2 atom stereocenters. The molecule has 90 valence electrons. The third-order valence-corrected chi connectivity index (χ3v) is 3.14. The molecule has 2 N–H and O–H groups in total. The van der Waals surface area contributed by atoms with Crippen molar-refractivity contribution < 1.29 is 5.11 Å². The Hall–Kier alpha value is -0.860. The lowest BCUT2D eigenvalue weighted by molar-refractivity contribution is 0.149. The average molecular weight is 221 g/mol. The summed E-state index contributed by atoms with van der Waals surface area (Å²) in [5, 5.41) is 12.8. The van der Waals surface area contributed by atoms with Gasteiger partial charge in [0.1, 0.15) is 0 Å². The maximum absolute atomic E-state index is 9.43.